The fourth-order valence-corrected chi connectivity index (χ4v) is 5.48. The number of nitrogens with one attached hydrogen (secondary N) is 2. The van der Waals surface area contributed by atoms with E-state index in [1.807, 2.05) is 49.3 Å². The average Bonchev–Trinajstić information content (AvgIpc) is 3.64. The molecule has 3 aromatic heterocycles. The molecular weight excluding hydrogens is 565 g/mol. The Labute approximate surface area is 250 Å². The Bertz CT molecular complexity index is 2010. The number of benzene rings is 3. The fraction of sp³-hybridized carbons (Fsp3) is 0.0938. The number of aromatic nitrogens is 4. The highest BCUT2D eigenvalue weighted by atomic mass is 32.1. The van der Waals surface area contributed by atoms with Crippen LogP contribution in [0.3, 0.4) is 0 Å². The maximum atomic E-state index is 13.8. The van der Waals surface area contributed by atoms with Gasteiger partial charge in [0.25, 0.3) is 5.91 Å². The summed E-state index contributed by atoms with van der Waals surface area (Å²) in [4.78, 5) is 37.2. The van der Waals surface area contributed by atoms with E-state index in [-0.39, 0.29) is 17.6 Å². The van der Waals surface area contributed by atoms with Crippen LogP contribution in [0.2, 0.25) is 0 Å². The molecule has 0 saturated heterocycles. The number of thiophene rings is 1. The summed E-state index contributed by atoms with van der Waals surface area (Å²) in [6.45, 7) is 0.678. The summed E-state index contributed by atoms with van der Waals surface area (Å²) in [5.74, 6) is -0.503. The molecule has 0 aliphatic heterocycles. The first-order valence-corrected chi connectivity index (χ1v) is 14.2. The number of rotatable bonds is 8. The zero-order chi connectivity index (χ0) is 29.9. The van der Waals surface area contributed by atoms with Gasteiger partial charge in [-0.2, -0.15) is 5.10 Å². The second kappa shape index (κ2) is 11.9. The molecule has 0 spiro atoms. The van der Waals surface area contributed by atoms with Crippen molar-refractivity contribution in [2.75, 3.05) is 31.3 Å². The molecule has 0 radical (unpaired) electrons. The van der Waals surface area contributed by atoms with Crippen LogP contribution in [-0.2, 0) is 4.79 Å². The molecule has 11 heteroatoms. The lowest BCUT2D eigenvalue weighted by molar-refractivity contribution is -0.111. The maximum Gasteiger partial charge on any atom is 0.256 e. The Hall–Kier alpha value is -5.26. The molecule has 2 N–H and O–H groups in total. The van der Waals surface area contributed by atoms with Crippen LogP contribution in [0.5, 0.6) is 0 Å². The van der Waals surface area contributed by atoms with Crippen molar-refractivity contribution in [3.63, 3.8) is 0 Å². The molecule has 0 aliphatic carbocycles. The summed E-state index contributed by atoms with van der Waals surface area (Å²) in [5.41, 5.74) is 3.34. The smallest absolute Gasteiger partial charge is 0.256 e. The highest BCUT2D eigenvalue weighted by Crippen LogP contribution is 2.34. The second-order valence-corrected chi connectivity index (χ2v) is 11.1. The van der Waals surface area contributed by atoms with Gasteiger partial charge in [-0.05, 0) is 80.3 Å². The van der Waals surface area contributed by atoms with Crippen molar-refractivity contribution in [1.82, 2.24) is 24.6 Å². The summed E-state index contributed by atoms with van der Waals surface area (Å²) >= 11 is 1.45. The zero-order valence-corrected chi connectivity index (χ0v) is 24.1. The molecule has 0 fully saturated rings. The van der Waals surface area contributed by atoms with Gasteiger partial charge in [-0.15, -0.1) is 11.3 Å². The van der Waals surface area contributed by atoms with Gasteiger partial charge >= 0.3 is 0 Å². The van der Waals surface area contributed by atoms with Crippen LogP contribution < -0.4 is 10.6 Å². The van der Waals surface area contributed by atoms with Crippen molar-refractivity contribution in [1.29, 1.82) is 0 Å². The number of nitrogens with zero attached hydrogens (tertiary/aromatic N) is 5. The van der Waals surface area contributed by atoms with Crippen molar-refractivity contribution in [3.05, 3.63) is 109 Å². The molecule has 0 bridgehead atoms. The van der Waals surface area contributed by atoms with Gasteiger partial charge in [0.2, 0.25) is 5.91 Å². The molecule has 0 aliphatic rings. The number of carbonyl (C=O) groups excluding carboxylic acids is 2. The van der Waals surface area contributed by atoms with Crippen molar-refractivity contribution in [2.24, 2.45) is 0 Å². The van der Waals surface area contributed by atoms with Crippen LogP contribution in [0, 0.1) is 5.82 Å². The third kappa shape index (κ3) is 6.17. The second-order valence-electron chi connectivity index (χ2n) is 10.0. The lowest BCUT2D eigenvalue weighted by atomic mass is 10.1. The zero-order valence-electron chi connectivity index (χ0n) is 23.3. The molecule has 3 aromatic carbocycles. The third-order valence-electron chi connectivity index (χ3n) is 6.63. The van der Waals surface area contributed by atoms with E-state index < -0.39 is 0 Å². The Kier molecular flexibility index (Phi) is 7.73. The van der Waals surface area contributed by atoms with Gasteiger partial charge in [0.05, 0.1) is 27.9 Å². The predicted octanol–water partition coefficient (Wildman–Crippen LogP) is 6.14. The highest BCUT2D eigenvalue weighted by molar-refractivity contribution is 7.19. The van der Waals surface area contributed by atoms with Crippen LogP contribution in [0.1, 0.15) is 10.4 Å². The molecule has 214 valence electrons. The summed E-state index contributed by atoms with van der Waals surface area (Å²) < 4.78 is 15.4. The number of hydrogen-bond donors (Lipinski definition) is 2. The number of likely N-dealkylation sites (N-methyl/N-ethyl adjacent to an activating group) is 1. The van der Waals surface area contributed by atoms with E-state index in [4.69, 9.17) is 0 Å². The Morgan fingerprint density at radius 3 is 2.72 bits per heavy atom. The van der Waals surface area contributed by atoms with Gasteiger partial charge in [-0.3, -0.25) is 9.59 Å². The normalized spacial score (nSPS) is 11.5. The summed E-state index contributed by atoms with van der Waals surface area (Å²) in [6, 6.07) is 20.9. The summed E-state index contributed by atoms with van der Waals surface area (Å²) in [7, 11) is 3.87. The summed E-state index contributed by atoms with van der Waals surface area (Å²) in [5, 5.41) is 12.3. The first-order chi connectivity index (χ1) is 20.8. The van der Waals surface area contributed by atoms with Gasteiger partial charge < -0.3 is 15.5 Å². The number of hydrogen-bond acceptors (Lipinski definition) is 7. The molecule has 0 atom stereocenters. The van der Waals surface area contributed by atoms with Crippen molar-refractivity contribution in [3.8, 4) is 16.1 Å². The van der Waals surface area contributed by atoms with E-state index in [1.54, 1.807) is 47.3 Å². The van der Waals surface area contributed by atoms with Crippen LogP contribution in [0.4, 0.5) is 15.2 Å². The van der Waals surface area contributed by atoms with Gasteiger partial charge in [0.1, 0.15) is 18.0 Å². The van der Waals surface area contributed by atoms with Crippen molar-refractivity contribution in [2.45, 2.75) is 0 Å². The molecule has 0 saturated carbocycles. The van der Waals surface area contributed by atoms with E-state index in [9.17, 15) is 14.0 Å². The van der Waals surface area contributed by atoms with Gasteiger partial charge in [0.15, 0.2) is 0 Å². The number of anilines is 2. The van der Waals surface area contributed by atoms with E-state index >= 15 is 0 Å². The highest BCUT2D eigenvalue weighted by Gasteiger charge is 2.14. The maximum absolute atomic E-state index is 13.8. The summed E-state index contributed by atoms with van der Waals surface area (Å²) in [6.07, 6.45) is 6.38. The standard InChI is InChI=1S/C32H26FN7O2S/c1-39(2)14-4-7-29(41)37-30-13-12-28(43-30)20-8-10-26-25(16-20)31(35-19-34-26)38-32(42)21-9-11-27-22(15-21)18-36-40(27)24-6-3-5-23(33)17-24/h3-13,15-19H,14H2,1-2H3,(H,37,41)(H,34,35,38,42). The fourth-order valence-electron chi connectivity index (χ4n) is 4.57. The minimum absolute atomic E-state index is 0.188. The van der Waals surface area contributed by atoms with Gasteiger partial charge in [-0.25, -0.2) is 19.0 Å². The molecular formula is C32H26FN7O2S. The Morgan fingerprint density at radius 2 is 1.88 bits per heavy atom. The van der Waals surface area contributed by atoms with Gasteiger partial charge in [-0.1, -0.05) is 18.2 Å². The quantitative estimate of drug-likeness (QED) is 0.206. The SMILES string of the molecule is CN(C)CC=CC(=O)Nc1ccc(-c2ccc3ncnc(NC(=O)c4ccc5c(cnn5-c5cccc(F)c5)c4)c3c2)s1. The predicted molar refractivity (Wildman–Crippen MR) is 168 cm³/mol. The largest absolute Gasteiger partial charge is 0.314 e. The number of halogens is 1. The number of fused-ring (bicyclic) bond motifs is 2. The Balaban J connectivity index is 1.22. The van der Waals surface area contributed by atoms with Gasteiger partial charge in [0, 0.05) is 33.8 Å². The molecule has 2 amide bonds. The van der Waals surface area contributed by atoms with E-state index in [1.165, 1.54) is 35.9 Å². The monoisotopic (exact) mass is 591 g/mol. The third-order valence-corrected chi connectivity index (χ3v) is 7.68. The lowest BCUT2D eigenvalue weighted by Crippen LogP contribution is -2.13. The molecule has 3 heterocycles. The van der Waals surface area contributed by atoms with Crippen LogP contribution in [0.25, 0.3) is 37.9 Å². The average molecular weight is 592 g/mol. The van der Waals surface area contributed by atoms with Crippen LogP contribution in [0.15, 0.2) is 97.5 Å². The van der Waals surface area contributed by atoms with Crippen LogP contribution >= 0.6 is 11.3 Å². The van der Waals surface area contributed by atoms with E-state index in [2.05, 4.69) is 25.7 Å². The van der Waals surface area contributed by atoms with Crippen molar-refractivity contribution < 1.29 is 14.0 Å². The minimum atomic E-state index is -0.354. The molecule has 6 rings (SSSR count). The van der Waals surface area contributed by atoms with E-state index in [0.717, 1.165) is 26.3 Å². The first-order valence-electron chi connectivity index (χ1n) is 13.4. The van der Waals surface area contributed by atoms with E-state index in [0.29, 0.717) is 34.5 Å². The minimum Gasteiger partial charge on any atom is -0.314 e. The Morgan fingerprint density at radius 1 is 1.00 bits per heavy atom. The molecule has 9 nitrogen and oxygen atoms in total. The first kappa shape index (κ1) is 27.9. The van der Waals surface area contributed by atoms with Crippen LogP contribution in [-0.4, -0.2) is 57.1 Å². The molecule has 43 heavy (non-hydrogen) atoms. The van der Waals surface area contributed by atoms with Crippen molar-refractivity contribution >= 4 is 55.8 Å². The number of carbonyl (C=O) groups is 2. The lowest BCUT2D eigenvalue weighted by Gasteiger charge is -2.09. The molecule has 6 aromatic rings. The topological polar surface area (TPSA) is 105 Å². The molecule has 0 unspecified atom stereocenters. The number of amides is 2.